The first-order chi connectivity index (χ1) is 10.6. The Labute approximate surface area is 131 Å². The topological polar surface area (TPSA) is 84.7 Å². The average Bonchev–Trinajstić information content (AvgIpc) is 2.95. The molecule has 0 spiro atoms. The molecule has 2 heterocycles. The van der Waals surface area contributed by atoms with E-state index in [1.807, 2.05) is 30.3 Å². The number of nitrogens with zero attached hydrogens (tertiary/aromatic N) is 3. The quantitative estimate of drug-likeness (QED) is 0.589. The number of thioether (sulfide) groups is 1. The highest BCUT2D eigenvalue weighted by atomic mass is 32.2. The molecular formula is C15H14N4O2S. The number of hydrogen-bond acceptors (Lipinski definition) is 6. The number of nitrogens with one attached hydrogen (secondary N) is 1. The van der Waals surface area contributed by atoms with E-state index in [0.717, 1.165) is 5.56 Å². The molecule has 0 aliphatic rings. The predicted octanol–water partition coefficient (Wildman–Crippen LogP) is 2.73. The fourth-order valence-electron chi connectivity index (χ4n) is 1.98. The third kappa shape index (κ3) is 3.09. The highest BCUT2D eigenvalue weighted by molar-refractivity contribution is 7.98. The lowest BCUT2D eigenvalue weighted by molar-refractivity contribution is 0.485. The van der Waals surface area contributed by atoms with Gasteiger partial charge in [-0.25, -0.2) is 4.98 Å². The number of aryl methyl sites for hydroxylation is 1. The lowest BCUT2D eigenvalue weighted by Gasteiger charge is -2.06. The van der Waals surface area contributed by atoms with Crippen LogP contribution in [0.15, 0.2) is 44.7 Å². The van der Waals surface area contributed by atoms with Crippen LogP contribution >= 0.6 is 11.8 Å². The fourth-order valence-corrected chi connectivity index (χ4v) is 2.68. The van der Waals surface area contributed by atoms with Gasteiger partial charge in [-0.15, -0.1) is 10.2 Å². The summed E-state index contributed by atoms with van der Waals surface area (Å²) in [4.78, 5) is 19.4. The van der Waals surface area contributed by atoms with Crippen molar-refractivity contribution in [2.24, 2.45) is 0 Å². The number of hydrogen-bond donors (Lipinski definition) is 1. The molecule has 3 rings (SSSR count). The van der Waals surface area contributed by atoms with Crippen molar-refractivity contribution >= 4 is 11.8 Å². The van der Waals surface area contributed by atoms with Gasteiger partial charge in [0.1, 0.15) is 0 Å². The van der Waals surface area contributed by atoms with E-state index < -0.39 is 0 Å². The van der Waals surface area contributed by atoms with Crippen molar-refractivity contribution in [3.05, 3.63) is 58.0 Å². The zero-order valence-corrected chi connectivity index (χ0v) is 13.0. The molecule has 0 aliphatic carbocycles. The Morgan fingerprint density at radius 1 is 1.18 bits per heavy atom. The first-order valence-electron chi connectivity index (χ1n) is 6.71. The molecule has 0 amide bonds. The molecule has 6 nitrogen and oxygen atoms in total. The van der Waals surface area contributed by atoms with Gasteiger partial charge in [0.05, 0.1) is 11.4 Å². The summed E-state index contributed by atoms with van der Waals surface area (Å²) in [6, 6.07) is 9.64. The lowest BCUT2D eigenvalue weighted by atomic mass is 10.1. The van der Waals surface area contributed by atoms with Gasteiger partial charge in [0, 0.05) is 18.1 Å². The molecule has 0 bridgehead atoms. The van der Waals surface area contributed by atoms with Crippen LogP contribution in [0.1, 0.15) is 17.3 Å². The third-order valence-electron chi connectivity index (χ3n) is 3.08. The van der Waals surface area contributed by atoms with E-state index in [9.17, 15) is 4.79 Å². The van der Waals surface area contributed by atoms with Crippen molar-refractivity contribution in [1.29, 1.82) is 0 Å². The zero-order chi connectivity index (χ0) is 15.5. The van der Waals surface area contributed by atoms with E-state index in [0.29, 0.717) is 33.9 Å². The van der Waals surface area contributed by atoms with E-state index in [-0.39, 0.29) is 5.56 Å². The van der Waals surface area contributed by atoms with Crippen molar-refractivity contribution in [1.82, 2.24) is 20.2 Å². The molecule has 0 atom stereocenters. The van der Waals surface area contributed by atoms with Crippen molar-refractivity contribution < 1.29 is 4.42 Å². The lowest BCUT2D eigenvalue weighted by Crippen LogP contribution is -2.14. The molecule has 1 aromatic carbocycles. The minimum Gasteiger partial charge on any atom is -0.425 e. The smallest absolute Gasteiger partial charge is 0.255 e. The normalized spacial score (nSPS) is 10.8. The molecule has 0 unspecified atom stereocenters. The van der Waals surface area contributed by atoms with Gasteiger partial charge in [-0.2, -0.15) is 0 Å². The molecule has 22 heavy (non-hydrogen) atoms. The zero-order valence-electron chi connectivity index (χ0n) is 12.2. The Balaban J connectivity index is 1.89. The minimum atomic E-state index is -0.141. The third-order valence-corrected chi connectivity index (χ3v) is 3.94. The molecule has 1 N–H and O–H groups in total. The van der Waals surface area contributed by atoms with Crippen molar-refractivity contribution in [2.75, 3.05) is 0 Å². The Morgan fingerprint density at radius 3 is 2.64 bits per heavy atom. The predicted molar refractivity (Wildman–Crippen MR) is 83.6 cm³/mol. The summed E-state index contributed by atoms with van der Waals surface area (Å²) in [7, 11) is 0. The van der Waals surface area contributed by atoms with Crippen LogP contribution in [0.3, 0.4) is 0 Å². The molecule has 2 aromatic heterocycles. The minimum absolute atomic E-state index is 0.141. The molecule has 7 heteroatoms. The van der Waals surface area contributed by atoms with Crippen LogP contribution in [0.4, 0.5) is 0 Å². The molecule has 112 valence electrons. The fraction of sp³-hybridized carbons (Fsp3) is 0.200. The molecule has 0 saturated carbocycles. The van der Waals surface area contributed by atoms with Crippen LogP contribution in [0.2, 0.25) is 0 Å². The standard InChI is InChI=1S/C15H14N4O2S/c1-9-13(11-6-4-3-5-7-11)16-15(17-14(9)20)22-8-12-19-18-10(2)21-12/h3-7H,8H2,1-2H3,(H,16,17,20). The van der Waals surface area contributed by atoms with Crippen LogP contribution < -0.4 is 5.56 Å². The van der Waals surface area contributed by atoms with Crippen LogP contribution in [-0.2, 0) is 5.75 Å². The van der Waals surface area contributed by atoms with Crippen LogP contribution in [0, 0.1) is 13.8 Å². The number of aromatic amines is 1. The van der Waals surface area contributed by atoms with E-state index in [1.54, 1.807) is 13.8 Å². The second-order valence-electron chi connectivity index (χ2n) is 4.71. The maximum atomic E-state index is 12.1. The number of aromatic nitrogens is 4. The van der Waals surface area contributed by atoms with E-state index in [4.69, 9.17) is 4.42 Å². The Bertz CT molecular complexity index is 842. The summed E-state index contributed by atoms with van der Waals surface area (Å²) in [6.45, 7) is 3.50. The molecular weight excluding hydrogens is 300 g/mol. The number of rotatable bonds is 4. The highest BCUT2D eigenvalue weighted by Gasteiger charge is 2.11. The van der Waals surface area contributed by atoms with Crippen LogP contribution in [0.5, 0.6) is 0 Å². The molecule has 0 fully saturated rings. The second kappa shape index (κ2) is 6.15. The number of H-pyrrole nitrogens is 1. The SMILES string of the molecule is Cc1nnc(CSc2nc(-c3ccccc3)c(C)c(=O)[nH]2)o1. The van der Waals surface area contributed by atoms with E-state index >= 15 is 0 Å². The van der Waals surface area contributed by atoms with Crippen LogP contribution in [0.25, 0.3) is 11.3 Å². The van der Waals surface area contributed by atoms with E-state index in [2.05, 4.69) is 20.2 Å². The summed E-state index contributed by atoms with van der Waals surface area (Å²) in [6.07, 6.45) is 0. The van der Waals surface area contributed by atoms with Gasteiger partial charge in [0.2, 0.25) is 11.8 Å². The van der Waals surface area contributed by atoms with Crippen LogP contribution in [-0.4, -0.2) is 20.2 Å². The molecule has 0 aliphatic heterocycles. The van der Waals surface area contributed by atoms with E-state index in [1.165, 1.54) is 11.8 Å². The summed E-state index contributed by atoms with van der Waals surface area (Å²) in [5.41, 5.74) is 2.07. The Hall–Kier alpha value is -2.41. The monoisotopic (exact) mass is 314 g/mol. The first kappa shape index (κ1) is 14.5. The summed E-state index contributed by atoms with van der Waals surface area (Å²) in [5, 5.41) is 8.23. The Kier molecular flexibility index (Phi) is 4.06. The van der Waals surface area contributed by atoms with Crippen molar-refractivity contribution in [2.45, 2.75) is 24.8 Å². The molecule has 3 aromatic rings. The van der Waals surface area contributed by atoms with Gasteiger partial charge in [-0.05, 0) is 6.92 Å². The molecule has 0 saturated heterocycles. The van der Waals surface area contributed by atoms with Gasteiger partial charge in [-0.3, -0.25) is 4.79 Å². The maximum absolute atomic E-state index is 12.1. The molecule has 0 radical (unpaired) electrons. The second-order valence-corrected chi connectivity index (χ2v) is 5.68. The van der Waals surface area contributed by atoms with Gasteiger partial charge >= 0.3 is 0 Å². The summed E-state index contributed by atoms with van der Waals surface area (Å²) >= 11 is 1.36. The van der Waals surface area contributed by atoms with Gasteiger partial charge < -0.3 is 9.40 Å². The number of benzene rings is 1. The first-order valence-corrected chi connectivity index (χ1v) is 7.70. The van der Waals surface area contributed by atoms with Crippen molar-refractivity contribution in [3.63, 3.8) is 0 Å². The highest BCUT2D eigenvalue weighted by Crippen LogP contribution is 2.23. The maximum Gasteiger partial charge on any atom is 0.255 e. The van der Waals surface area contributed by atoms with Gasteiger partial charge in [0.25, 0.3) is 5.56 Å². The van der Waals surface area contributed by atoms with Gasteiger partial charge in [0.15, 0.2) is 5.16 Å². The summed E-state index contributed by atoms with van der Waals surface area (Å²) < 4.78 is 5.31. The van der Waals surface area contributed by atoms with Gasteiger partial charge in [-0.1, -0.05) is 42.1 Å². The average molecular weight is 314 g/mol. The van der Waals surface area contributed by atoms with Crippen molar-refractivity contribution in [3.8, 4) is 11.3 Å². The summed E-state index contributed by atoms with van der Waals surface area (Å²) in [5.74, 6) is 1.49. The largest absolute Gasteiger partial charge is 0.425 e. The Morgan fingerprint density at radius 2 is 1.95 bits per heavy atom.